The molecule has 0 saturated heterocycles. The van der Waals surface area contributed by atoms with Gasteiger partial charge in [-0.1, -0.05) is 6.07 Å². The maximum Gasteiger partial charge on any atom is 0.353 e. The van der Waals surface area contributed by atoms with Crippen molar-refractivity contribution < 1.29 is 23.8 Å². The van der Waals surface area contributed by atoms with Gasteiger partial charge in [0.1, 0.15) is 17.3 Å². The quantitative estimate of drug-likeness (QED) is 0.764. The minimum absolute atomic E-state index is 0.0650. The zero-order valence-corrected chi connectivity index (χ0v) is 10.1. The van der Waals surface area contributed by atoms with Crippen LogP contribution in [0.25, 0.3) is 0 Å². The summed E-state index contributed by atoms with van der Waals surface area (Å²) in [4.78, 5) is 22.1. The summed E-state index contributed by atoms with van der Waals surface area (Å²) >= 11 is 0. The lowest BCUT2D eigenvalue weighted by molar-refractivity contribution is -0.118. The fraction of sp³-hybridized carbons (Fsp3) is 0.0833. The molecule has 0 unspecified atom stereocenters. The van der Waals surface area contributed by atoms with E-state index >= 15 is 0 Å². The number of aromatic carboxylic acids is 1. The number of rotatable bonds is 5. The van der Waals surface area contributed by atoms with Crippen molar-refractivity contribution in [3.8, 4) is 5.75 Å². The van der Waals surface area contributed by atoms with Crippen LogP contribution in [0.4, 0.5) is 10.2 Å². The lowest BCUT2D eigenvalue weighted by atomic mass is 10.3. The maximum atomic E-state index is 12.9. The highest BCUT2D eigenvalue weighted by Crippen LogP contribution is 2.12. The maximum absolute atomic E-state index is 12.9. The van der Waals surface area contributed by atoms with E-state index in [4.69, 9.17) is 9.84 Å². The van der Waals surface area contributed by atoms with Crippen LogP contribution >= 0.6 is 0 Å². The zero-order chi connectivity index (χ0) is 14.5. The SMILES string of the molecule is O=C(COc1cccc(F)c1)Nc1cc(C(=O)O)[nH]n1. The van der Waals surface area contributed by atoms with Crippen LogP contribution in [0.3, 0.4) is 0 Å². The molecule has 0 aliphatic carbocycles. The molecule has 0 radical (unpaired) electrons. The lowest BCUT2D eigenvalue weighted by Crippen LogP contribution is -2.20. The van der Waals surface area contributed by atoms with E-state index in [1.807, 2.05) is 0 Å². The second kappa shape index (κ2) is 5.83. The van der Waals surface area contributed by atoms with E-state index in [9.17, 15) is 14.0 Å². The Morgan fingerprint density at radius 2 is 2.20 bits per heavy atom. The van der Waals surface area contributed by atoms with E-state index in [-0.39, 0.29) is 23.9 Å². The number of carbonyl (C=O) groups is 2. The van der Waals surface area contributed by atoms with Crippen molar-refractivity contribution in [3.05, 3.63) is 41.8 Å². The Labute approximate surface area is 112 Å². The standard InChI is InChI=1S/C12H10FN3O4/c13-7-2-1-3-8(4-7)20-6-11(17)14-10-5-9(12(18)19)15-16-10/h1-5H,6H2,(H,18,19)(H2,14,15,16,17). The van der Waals surface area contributed by atoms with Gasteiger partial charge in [-0.15, -0.1) is 0 Å². The largest absolute Gasteiger partial charge is 0.484 e. The summed E-state index contributed by atoms with van der Waals surface area (Å²) in [6, 6.07) is 6.53. The highest BCUT2D eigenvalue weighted by atomic mass is 19.1. The minimum atomic E-state index is -1.19. The van der Waals surface area contributed by atoms with Gasteiger partial charge in [-0.2, -0.15) is 5.10 Å². The van der Waals surface area contributed by atoms with E-state index in [2.05, 4.69) is 15.5 Å². The van der Waals surface area contributed by atoms with E-state index < -0.39 is 17.7 Å². The van der Waals surface area contributed by atoms with Crippen LogP contribution in [0, 0.1) is 5.82 Å². The Hall–Kier alpha value is -2.90. The summed E-state index contributed by atoms with van der Waals surface area (Å²) in [7, 11) is 0. The molecule has 20 heavy (non-hydrogen) atoms. The van der Waals surface area contributed by atoms with Crippen molar-refractivity contribution in [3.63, 3.8) is 0 Å². The minimum Gasteiger partial charge on any atom is -0.484 e. The number of anilines is 1. The Bertz CT molecular complexity index is 641. The highest BCUT2D eigenvalue weighted by molar-refractivity contribution is 5.93. The molecular weight excluding hydrogens is 269 g/mol. The van der Waals surface area contributed by atoms with Crippen LogP contribution in [-0.4, -0.2) is 33.8 Å². The average molecular weight is 279 g/mol. The Balaban J connectivity index is 1.87. The third-order valence-corrected chi connectivity index (χ3v) is 2.24. The van der Waals surface area contributed by atoms with Gasteiger partial charge < -0.3 is 15.2 Å². The first-order valence-corrected chi connectivity index (χ1v) is 5.51. The van der Waals surface area contributed by atoms with Crippen LogP contribution in [0.1, 0.15) is 10.5 Å². The van der Waals surface area contributed by atoms with E-state index in [0.717, 1.165) is 6.07 Å². The van der Waals surface area contributed by atoms with Gasteiger partial charge in [-0.25, -0.2) is 9.18 Å². The number of H-pyrrole nitrogens is 1. The molecule has 1 amide bonds. The Kier molecular flexibility index (Phi) is 3.94. The number of aromatic nitrogens is 2. The van der Waals surface area contributed by atoms with Crippen molar-refractivity contribution in [2.75, 3.05) is 11.9 Å². The molecule has 0 aliphatic heterocycles. The van der Waals surface area contributed by atoms with Crippen LogP contribution in [0.5, 0.6) is 5.75 Å². The molecule has 7 nitrogen and oxygen atoms in total. The third-order valence-electron chi connectivity index (χ3n) is 2.24. The number of nitrogens with one attached hydrogen (secondary N) is 2. The summed E-state index contributed by atoms with van der Waals surface area (Å²) in [6.07, 6.45) is 0. The predicted molar refractivity (Wildman–Crippen MR) is 66.1 cm³/mol. The summed E-state index contributed by atoms with van der Waals surface area (Å²) in [5.41, 5.74) is -0.147. The zero-order valence-electron chi connectivity index (χ0n) is 10.1. The summed E-state index contributed by atoms with van der Waals surface area (Å²) < 4.78 is 17.9. The molecule has 3 N–H and O–H groups in total. The van der Waals surface area contributed by atoms with Crippen LogP contribution < -0.4 is 10.1 Å². The number of carboxylic acid groups (broad SMARTS) is 1. The summed E-state index contributed by atoms with van der Waals surface area (Å²) in [5.74, 6) is -1.92. The number of carbonyl (C=O) groups excluding carboxylic acids is 1. The van der Waals surface area contributed by atoms with Gasteiger partial charge in [0.2, 0.25) is 0 Å². The number of benzene rings is 1. The second-order valence-corrected chi connectivity index (χ2v) is 3.77. The summed E-state index contributed by atoms with van der Waals surface area (Å²) in [6.45, 7) is -0.348. The van der Waals surface area contributed by atoms with E-state index in [1.54, 1.807) is 0 Å². The highest BCUT2D eigenvalue weighted by Gasteiger charge is 2.10. The molecule has 0 aliphatic rings. The fourth-order valence-electron chi connectivity index (χ4n) is 1.38. The predicted octanol–water partition coefficient (Wildman–Crippen LogP) is 1.26. The van der Waals surface area contributed by atoms with Gasteiger partial charge in [0.05, 0.1) is 0 Å². The second-order valence-electron chi connectivity index (χ2n) is 3.77. The number of hydrogen-bond donors (Lipinski definition) is 3. The molecule has 0 fully saturated rings. The van der Waals surface area contributed by atoms with Gasteiger partial charge in [0.25, 0.3) is 5.91 Å². The van der Waals surface area contributed by atoms with Gasteiger partial charge in [-0.05, 0) is 12.1 Å². The first kappa shape index (κ1) is 13.5. The van der Waals surface area contributed by atoms with Crippen molar-refractivity contribution in [1.82, 2.24) is 10.2 Å². The number of aromatic amines is 1. The molecule has 104 valence electrons. The smallest absolute Gasteiger partial charge is 0.353 e. The number of halogens is 1. The number of nitrogens with zero attached hydrogens (tertiary/aromatic N) is 1. The first-order chi connectivity index (χ1) is 9.54. The molecule has 0 atom stereocenters. The molecule has 2 rings (SSSR count). The lowest BCUT2D eigenvalue weighted by Gasteiger charge is -2.05. The molecule has 0 saturated carbocycles. The van der Waals surface area contributed by atoms with E-state index in [0.29, 0.717) is 0 Å². The summed E-state index contributed by atoms with van der Waals surface area (Å²) in [5, 5.41) is 16.8. The van der Waals surface area contributed by atoms with Gasteiger partial charge in [-0.3, -0.25) is 9.89 Å². The van der Waals surface area contributed by atoms with Gasteiger partial charge in [0.15, 0.2) is 12.4 Å². The van der Waals surface area contributed by atoms with Crippen LogP contribution in [0.2, 0.25) is 0 Å². The number of hydrogen-bond acceptors (Lipinski definition) is 4. The fourth-order valence-corrected chi connectivity index (χ4v) is 1.38. The van der Waals surface area contributed by atoms with Crippen LogP contribution in [0.15, 0.2) is 30.3 Å². The first-order valence-electron chi connectivity index (χ1n) is 5.51. The Morgan fingerprint density at radius 1 is 1.40 bits per heavy atom. The monoisotopic (exact) mass is 279 g/mol. The third kappa shape index (κ3) is 3.55. The molecule has 8 heteroatoms. The van der Waals surface area contributed by atoms with Gasteiger partial charge >= 0.3 is 5.97 Å². The Morgan fingerprint density at radius 3 is 2.85 bits per heavy atom. The number of ether oxygens (including phenoxy) is 1. The van der Waals surface area contributed by atoms with E-state index in [1.165, 1.54) is 24.3 Å². The molecule has 1 aromatic heterocycles. The topological polar surface area (TPSA) is 104 Å². The number of carboxylic acids is 1. The average Bonchev–Trinajstić information content (AvgIpc) is 2.85. The van der Waals surface area contributed by atoms with Crippen LogP contribution in [-0.2, 0) is 4.79 Å². The molecule has 1 heterocycles. The molecular formula is C12H10FN3O4. The van der Waals surface area contributed by atoms with Crippen molar-refractivity contribution in [2.24, 2.45) is 0 Å². The molecule has 0 bridgehead atoms. The number of amides is 1. The molecule has 1 aromatic carbocycles. The molecule has 2 aromatic rings. The normalized spacial score (nSPS) is 10.1. The van der Waals surface area contributed by atoms with Crippen molar-refractivity contribution in [1.29, 1.82) is 0 Å². The van der Waals surface area contributed by atoms with Crippen molar-refractivity contribution >= 4 is 17.7 Å². The van der Waals surface area contributed by atoms with Crippen molar-refractivity contribution in [2.45, 2.75) is 0 Å². The van der Waals surface area contributed by atoms with Gasteiger partial charge in [0, 0.05) is 12.1 Å². The molecule has 0 spiro atoms.